The van der Waals surface area contributed by atoms with Crippen molar-refractivity contribution in [3.63, 3.8) is 0 Å². The van der Waals surface area contributed by atoms with Gasteiger partial charge in [0.25, 0.3) is 0 Å². The van der Waals surface area contributed by atoms with Crippen LogP contribution in [0.3, 0.4) is 0 Å². The van der Waals surface area contributed by atoms with Crippen molar-refractivity contribution in [2.24, 2.45) is 0 Å². The smallest absolute Gasteiger partial charge is 0.321 e. The maximum absolute atomic E-state index is 6.02. The first-order valence-corrected chi connectivity index (χ1v) is 11.8. The van der Waals surface area contributed by atoms with E-state index in [1.54, 1.807) is 0 Å². The molecule has 0 N–H and O–H groups in total. The summed E-state index contributed by atoms with van der Waals surface area (Å²) in [6.45, 7) is 18.6. The van der Waals surface area contributed by atoms with Crippen LogP contribution in [-0.4, -0.2) is 29.9 Å². The fourth-order valence-electron chi connectivity index (χ4n) is 2.64. The lowest BCUT2D eigenvalue weighted by atomic mass is 10.2. The Bertz CT molecular complexity index is 232. The maximum atomic E-state index is 6.02. The quantitative estimate of drug-likeness (QED) is 0.713. The molecule has 0 amide bonds. The average molecular weight is 263 g/mol. The van der Waals surface area contributed by atoms with Gasteiger partial charge in [0.05, 0.1) is 0 Å². The summed E-state index contributed by atoms with van der Waals surface area (Å²) in [7, 11) is -0.125. The van der Waals surface area contributed by atoms with Gasteiger partial charge in [0, 0.05) is 19.3 Å². The van der Waals surface area contributed by atoms with Crippen LogP contribution in [0.2, 0.25) is 23.2 Å². The van der Waals surface area contributed by atoms with Crippen LogP contribution in [0, 0.1) is 0 Å². The van der Waals surface area contributed by atoms with Gasteiger partial charge in [0.2, 0.25) is 0 Å². The van der Waals surface area contributed by atoms with Crippen LogP contribution in [0.4, 0.5) is 0 Å². The van der Waals surface area contributed by atoms with E-state index in [1.807, 2.05) is 14.2 Å². The minimum absolute atomic E-state index is 0.111. The molecule has 0 aliphatic heterocycles. The van der Waals surface area contributed by atoms with E-state index in [9.17, 15) is 0 Å². The Morgan fingerprint density at radius 3 is 1.06 bits per heavy atom. The second-order valence-electron chi connectivity index (χ2n) is 7.15. The SMILES string of the molecule is CO[Si](OC)(C(C)(C)C)[Si](C)(C)C(C)(C)C. The minimum atomic E-state index is -2.17. The number of hydrogen-bond donors (Lipinski definition) is 0. The predicted octanol–water partition coefficient (Wildman–Crippen LogP) is 4.11. The van der Waals surface area contributed by atoms with E-state index >= 15 is 0 Å². The number of hydrogen-bond acceptors (Lipinski definition) is 2. The predicted molar refractivity (Wildman–Crippen MR) is 76.7 cm³/mol. The Balaban J connectivity index is 5.72. The molecule has 0 aromatic heterocycles. The third-order valence-corrected chi connectivity index (χ3v) is 23.4. The molecule has 2 nitrogen and oxygen atoms in total. The van der Waals surface area contributed by atoms with E-state index in [4.69, 9.17) is 8.85 Å². The Kier molecular flexibility index (Phi) is 4.66. The van der Waals surface area contributed by atoms with Crippen LogP contribution in [0.5, 0.6) is 0 Å². The standard InChI is InChI=1S/C12H30O2Si2/c1-11(2,3)15(9,10)16(13-7,14-8)12(4,5)6/h1-10H3. The molecule has 0 fully saturated rings. The first-order chi connectivity index (χ1) is 6.87. The molecular formula is C12H30O2Si2. The van der Waals surface area contributed by atoms with Gasteiger partial charge in [0.1, 0.15) is 7.59 Å². The molecule has 0 heterocycles. The largest absolute Gasteiger partial charge is 0.400 e. The second-order valence-corrected chi connectivity index (χ2v) is 21.2. The van der Waals surface area contributed by atoms with E-state index < -0.39 is 15.7 Å². The van der Waals surface area contributed by atoms with Crippen molar-refractivity contribution in [2.45, 2.75) is 64.7 Å². The Hall–Kier alpha value is 0.354. The van der Waals surface area contributed by atoms with Gasteiger partial charge in [-0.25, -0.2) is 0 Å². The van der Waals surface area contributed by atoms with Gasteiger partial charge in [-0.2, -0.15) is 0 Å². The maximum Gasteiger partial charge on any atom is 0.321 e. The second kappa shape index (κ2) is 4.55. The van der Waals surface area contributed by atoms with Gasteiger partial charge in [-0.1, -0.05) is 54.6 Å². The van der Waals surface area contributed by atoms with Gasteiger partial charge in [-0.3, -0.25) is 0 Å². The highest BCUT2D eigenvalue weighted by Crippen LogP contribution is 2.51. The highest BCUT2D eigenvalue weighted by Gasteiger charge is 2.64. The molecule has 0 aliphatic carbocycles. The van der Waals surface area contributed by atoms with Crippen molar-refractivity contribution >= 4 is 15.7 Å². The molecule has 16 heavy (non-hydrogen) atoms. The summed E-state index contributed by atoms with van der Waals surface area (Å²) in [6, 6.07) is 0. The third-order valence-electron chi connectivity index (χ3n) is 4.26. The fraction of sp³-hybridized carbons (Fsp3) is 1.00. The molecule has 0 saturated carbocycles. The lowest BCUT2D eigenvalue weighted by Gasteiger charge is -2.53. The van der Waals surface area contributed by atoms with E-state index in [1.165, 1.54) is 0 Å². The van der Waals surface area contributed by atoms with Crippen LogP contribution < -0.4 is 0 Å². The zero-order chi connectivity index (χ0) is 13.4. The fourth-order valence-corrected chi connectivity index (χ4v) is 19.6. The zero-order valence-electron chi connectivity index (χ0n) is 12.8. The van der Waals surface area contributed by atoms with Crippen LogP contribution >= 0.6 is 0 Å². The monoisotopic (exact) mass is 262 g/mol. The summed E-state index contributed by atoms with van der Waals surface area (Å²) in [5.74, 6) is 0. The first-order valence-electron chi connectivity index (χ1n) is 5.97. The Labute approximate surface area is 104 Å². The van der Waals surface area contributed by atoms with E-state index in [-0.39, 0.29) is 5.04 Å². The molecule has 0 spiro atoms. The molecule has 4 heteroatoms. The average Bonchev–Trinajstić information content (AvgIpc) is 2.01. The molecule has 0 atom stereocenters. The van der Waals surface area contributed by atoms with Crippen LogP contribution in [-0.2, 0) is 8.85 Å². The summed E-state index contributed by atoms with van der Waals surface area (Å²) >= 11 is 0. The summed E-state index contributed by atoms with van der Waals surface area (Å²) in [6.07, 6.45) is 0. The molecule has 0 aromatic rings. The highest BCUT2D eigenvalue weighted by atomic mass is 29.3. The molecule has 0 radical (unpaired) electrons. The van der Waals surface area contributed by atoms with Crippen molar-refractivity contribution in [1.29, 1.82) is 0 Å². The van der Waals surface area contributed by atoms with Gasteiger partial charge < -0.3 is 8.85 Å². The van der Waals surface area contributed by atoms with Crippen LogP contribution in [0.15, 0.2) is 0 Å². The molecule has 0 rings (SSSR count). The van der Waals surface area contributed by atoms with Gasteiger partial charge >= 0.3 is 8.08 Å². The number of rotatable bonds is 3. The molecule has 0 unspecified atom stereocenters. The van der Waals surface area contributed by atoms with Crippen LogP contribution in [0.1, 0.15) is 41.5 Å². The van der Waals surface area contributed by atoms with Gasteiger partial charge in [0.15, 0.2) is 0 Å². The summed E-state index contributed by atoms with van der Waals surface area (Å²) < 4.78 is 12.0. The third kappa shape index (κ3) is 2.30. The summed E-state index contributed by atoms with van der Waals surface area (Å²) in [5.41, 5.74) is 0. The van der Waals surface area contributed by atoms with Crippen molar-refractivity contribution < 1.29 is 8.85 Å². The Morgan fingerprint density at radius 1 is 0.688 bits per heavy atom. The lowest BCUT2D eigenvalue weighted by molar-refractivity contribution is 0.233. The molecule has 0 saturated heterocycles. The highest BCUT2D eigenvalue weighted by molar-refractivity contribution is 7.38. The molecular weight excluding hydrogens is 232 g/mol. The summed E-state index contributed by atoms with van der Waals surface area (Å²) in [5, 5.41) is 0.401. The van der Waals surface area contributed by atoms with E-state index in [2.05, 4.69) is 54.6 Å². The zero-order valence-corrected chi connectivity index (χ0v) is 14.8. The molecule has 0 aromatic carbocycles. The van der Waals surface area contributed by atoms with Gasteiger partial charge in [-0.05, 0) is 5.04 Å². The van der Waals surface area contributed by atoms with Crippen molar-refractivity contribution in [2.75, 3.05) is 14.2 Å². The lowest BCUT2D eigenvalue weighted by Crippen LogP contribution is -2.71. The topological polar surface area (TPSA) is 18.5 Å². The van der Waals surface area contributed by atoms with Crippen molar-refractivity contribution in [3.05, 3.63) is 0 Å². The molecule has 0 aliphatic rings. The van der Waals surface area contributed by atoms with Gasteiger partial charge in [-0.15, -0.1) is 0 Å². The van der Waals surface area contributed by atoms with E-state index in [0.717, 1.165) is 0 Å². The molecule has 98 valence electrons. The normalized spacial score (nSPS) is 15.4. The molecule has 0 bridgehead atoms. The summed E-state index contributed by atoms with van der Waals surface area (Å²) in [4.78, 5) is 0. The first kappa shape index (κ1) is 16.4. The minimum Gasteiger partial charge on any atom is -0.400 e. The van der Waals surface area contributed by atoms with Crippen LogP contribution in [0.25, 0.3) is 0 Å². The Morgan fingerprint density at radius 2 is 1.00 bits per heavy atom. The van der Waals surface area contributed by atoms with E-state index in [0.29, 0.717) is 5.04 Å². The van der Waals surface area contributed by atoms with Crippen molar-refractivity contribution in [3.8, 4) is 0 Å². The van der Waals surface area contributed by atoms with Crippen molar-refractivity contribution in [1.82, 2.24) is 0 Å².